The summed E-state index contributed by atoms with van der Waals surface area (Å²) < 4.78 is 0. The van der Waals surface area contributed by atoms with Crippen LogP contribution < -0.4 is 5.32 Å². The third-order valence-corrected chi connectivity index (χ3v) is 5.27. The lowest BCUT2D eigenvalue weighted by Crippen LogP contribution is -2.46. The van der Waals surface area contributed by atoms with Crippen LogP contribution in [0.4, 0.5) is 0 Å². The van der Waals surface area contributed by atoms with Gasteiger partial charge in [0.2, 0.25) is 0 Å². The Morgan fingerprint density at radius 2 is 2.41 bits per heavy atom. The highest BCUT2D eigenvalue weighted by Gasteiger charge is 2.26. The standard InChI is InChI=1S/C14H22N2S/c1-11-13-6-9-17-14(13)5-8-16(11)10-12-4-2-3-7-15-12/h6,9,11-12,15H,2-5,7-8,10H2,1H3. The first-order chi connectivity index (χ1) is 8.34. The number of piperidine rings is 1. The van der Waals surface area contributed by atoms with E-state index in [1.54, 1.807) is 10.4 Å². The zero-order chi connectivity index (χ0) is 11.7. The minimum absolute atomic E-state index is 0.619. The smallest absolute Gasteiger partial charge is 0.0331 e. The average molecular weight is 250 g/mol. The number of nitrogens with one attached hydrogen (secondary N) is 1. The molecule has 0 amide bonds. The van der Waals surface area contributed by atoms with Gasteiger partial charge in [-0.1, -0.05) is 6.42 Å². The maximum absolute atomic E-state index is 3.67. The molecule has 3 heteroatoms. The van der Waals surface area contributed by atoms with Gasteiger partial charge in [0.05, 0.1) is 0 Å². The minimum Gasteiger partial charge on any atom is -0.313 e. The summed E-state index contributed by atoms with van der Waals surface area (Å²) in [6.45, 7) is 6.06. The van der Waals surface area contributed by atoms with E-state index in [-0.39, 0.29) is 0 Å². The van der Waals surface area contributed by atoms with E-state index in [1.165, 1.54) is 45.3 Å². The first-order valence-corrected chi connectivity index (χ1v) is 7.76. The molecule has 2 unspecified atom stereocenters. The molecule has 94 valence electrons. The van der Waals surface area contributed by atoms with E-state index in [0.717, 1.165) is 6.04 Å². The van der Waals surface area contributed by atoms with E-state index in [1.807, 2.05) is 11.3 Å². The SMILES string of the molecule is CC1c2ccsc2CCN1CC1CCCCN1. The lowest BCUT2D eigenvalue weighted by Gasteiger charge is -2.37. The van der Waals surface area contributed by atoms with Crippen molar-refractivity contribution in [2.24, 2.45) is 0 Å². The molecule has 2 nitrogen and oxygen atoms in total. The molecule has 0 spiro atoms. The van der Waals surface area contributed by atoms with Crippen LogP contribution in [0.5, 0.6) is 0 Å². The van der Waals surface area contributed by atoms with Crippen molar-refractivity contribution in [2.75, 3.05) is 19.6 Å². The van der Waals surface area contributed by atoms with Crippen LogP contribution in [0.15, 0.2) is 11.4 Å². The molecule has 1 N–H and O–H groups in total. The summed E-state index contributed by atoms with van der Waals surface area (Å²) in [7, 11) is 0. The van der Waals surface area contributed by atoms with Gasteiger partial charge in [-0.05, 0) is 49.7 Å². The summed E-state index contributed by atoms with van der Waals surface area (Å²) >= 11 is 1.93. The molecule has 1 fully saturated rings. The van der Waals surface area contributed by atoms with E-state index in [4.69, 9.17) is 0 Å². The number of hydrogen-bond acceptors (Lipinski definition) is 3. The Morgan fingerprint density at radius 1 is 1.47 bits per heavy atom. The molecule has 0 bridgehead atoms. The summed E-state index contributed by atoms with van der Waals surface area (Å²) in [6, 6.07) is 3.67. The van der Waals surface area contributed by atoms with E-state index < -0.39 is 0 Å². The summed E-state index contributed by atoms with van der Waals surface area (Å²) in [5.74, 6) is 0. The van der Waals surface area contributed by atoms with E-state index >= 15 is 0 Å². The summed E-state index contributed by atoms with van der Waals surface area (Å²) in [6.07, 6.45) is 5.38. The molecular weight excluding hydrogens is 228 g/mol. The first kappa shape index (κ1) is 11.7. The maximum atomic E-state index is 3.67. The van der Waals surface area contributed by atoms with Crippen LogP contribution in [-0.4, -0.2) is 30.6 Å². The molecule has 0 saturated carbocycles. The minimum atomic E-state index is 0.619. The highest BCUT2D eigenvalue weighted by atomic mass is 32.1. The average Bonchev–Trinajstić information content (AvgIpc) is 2.83. The molecule has 2 atom stereocenters. The second-order valence-corrected chi connectivity index (χ2v) is 6.37. The van der Waals surface area contributed by atoms with Gasteiger partial charge in [0.15, 0.2) is 0 Å². The van der Waals surface area contributed by atoms with Crippen LogP contribution in [0, 0.1) is 0 Å². The summed E-state index contributed by atoms with van der Waals surface area (Å²) in [4.78, 5) is 4.28. The zero-order valence-corrected chi connectivity index (χ0v) is 11.4. The van der Waals surface area contributed by atoms with Crippen molar-refractivity contribution < 1.29 is 0 Å². The van der Waals surface area contributed by atoms with Crippen molar-refractivity contribution in [3.63, 3.8) is 0 Å². The molecule has 0 aliphatic carbocycles. The Balaban J connectivity index is 1.65. The molecule has 3 heterocycles. The van der Waals surface area contributed by atoms with Crippen LogP contribution >= 0.6 is 11.3 Å². The van der Waals surface area contributed by atoms with Crippen LogP contribution in [0.3, 0.4) is 0 Å². The van der Waals surface area contributed by atoms with Gasteiger partial charge in [0.1, 0.15) is 0 Å². The fourth-order valence-corrected chi connectivity index (χ4v) is 4.14. The van der Waals surface area contributed by atoms with Crippen molar-refractivity contribution in [1.29, 1.82) is 0 Å². The molecule has 0 radical (unpaired) electrons. The molecule has 3 rings (SSSR count). The van der Waals surface area contributed by atoms with Gasteiger partial charge < -0.3 is 5.32 Å². The second kappa shape index (κ2) is 5.09. The molecule has 1 aromatic rings. The van der Waals surface area contributed by atoms with Gasteiger partial charge in [0.25, 0.3) is 0 Å². The quantitative estimate of drug-likeness (QED) is 0.868. The van der Waals surface area contributed by atoms with Gasteiger partial charge in [-0.25, -0.2) is 0 Å². The fraction of sp³-hybridized carbons (Fsp3) is 0.714. The van der Waals surface area contributed by atoms with Gasteiger partial charge in [-0.2, -0.15) is 0 Å². The van der Waals surface area contributed by atoms with Crippen molar-refractivity contribution >= 4 is 11.3 Å². The molecule has 1 aromatic heterocycles. The predicted molar refractivity (Wildman–Crippen MR) is 73.7 cm³/mol. The van der Waals surface area contributed by atoms with Crippen LogP contribution in [-0.2, 0) is 6.42 Å². The first-order valence-electron chi connectivity index (χ1n) is 6.88. The lowest BCUT2D eigenvalue weighted by atomic mass is 9.98. The largest absolute Gasteiger partial charge is 0.313 e. The molecule has 2 aliphatic rings. The Hall–Kier alpha value is -0.380. The summed E-state index contributed by atoms with van der Waals surface area (Å²) in [5, 5.41) is 5.92. The van der Waals surface area contributed by atoms with Crippen LogP contribution in [0.1, 0.15) is 42.7 Å². The Bertz CT molecular complexity index is 368. The fourth-order valence-electron chi connectivity index (χ4n) is 3.17. The zero-order valence-electron chi connectivity index (χ0n) is 10.6. The molecule has 2 aliphatic heterocycles. The van der Waals surface area contributed by atoms with Crippen LogP contribution in [0.25, 0.3) is 0 Å². The third-order valence-electron chi connectivity index (χ3n) is 4.27. The normalized spacial score (nSPS) is 30.2. The molecular formula is C14H22N2S. The van der Waals surface area contributed by atoms with Crippen molar-refractivity contribution in [1.82, 2.24) is 10.2 Å². The maximum Gasteiger partial charge on any atom is 0.0331 e. The molecule has 0 aromatic carbocycles. The number of rotatable bonds is 2. The Labute approximate surface area is 108 Å². The predicted octanol–water partition coefficient (Wildman–Crippen LogP) is 2.81. The number of fused-ring (bicyclic) bond motifs is 1. The highest BCUT2D eigenvalue weighted by Crippen LogP contribution is 2.33. The van der Waals surface area contributed by atoms with Crippen molar-refractivity contribution in [3.8, 4) is 0 Å². The lowest BCUT2D eigenvalue weighted by molar-refractivity contribution is 0.168. The number of thiophene rings is 1. The topological polar surface area (TPSA) is 15.3 Å². The summed E-state index contributed by atoms with van der Waals surface area (Å²) in [5.41, 5.74) is 1.58. The van der Waals surface area contributed by atoms with Crippen molar-refractivity contribution in [2.45, 2.75) is 44.7 Å². The number of hydrogen-bond donors (Lipinski definition) is 1. The van der Waals surface area contributed by atoms with E-state index in [9.17, 15) is 0 Å². The highest BCUT2D eigenvalue weighted by molar-refractivity contribution is 7.10. The third kappa shape index (κ3) is 2.42. The van der Waals surface area contributed by atoms with E-state index in [2.05, 4.69) is 28.6 Å². The van der Waals surface area contributed by atoms with Gasteiger partial charge in [-0.3, -0.25) is 4.90 Å². The van der Waals surface area contributed by atoms with Gasteiger partial charge in [0, 0.05) is 30.1 Å². The molecule has 1 saturated heterocycles. The van der Waals surface area contributed by atoms with Gasteiger partial charge in [-0.15, -0.1) is 11.3 Å². The monoisotopic (exact) mass is 250 g/mol. The molecule has 17 heavy (non-hydrogen) atoms. The van der Waals surface area contributed by atoms with Gasteiger partial charge >= 0.3 is 0 Å². The van der Waals surface area contributed by atoms with Crippen molar-refractivity contribution in [3.05, 3.63) is 21.9 Å². The Kier molecular flexibility index (Phi) is 3.50. The van der Waals surface area contributed by atoms with E-state index in [0.29, 0.717) is 6.04 Å². The Morgan fingerprint density at radius 3 is 3.24 bits per heavy atom. The number of nitrogens with zero attached hydrogens (tertiary/aromatic N) is 1. The van der Waals surface area contributed by atoms with Crippen LogP contribution in [0.2, 0.25) is 0 Å². The second-order valence-electron chi connectivity index (χ2n) is 5.37.